The van der Waals surface area contributed by atoms with Gasteiger partial charge in [-0.1, -0.05) is 17.4 Å². The van der Waals surface area contributed by atoms with Crippen LogP contribution in [0.15, 0.2) is 34.4 Å². The summed E-state index contributed by atoms with van der Waals surface area (Å²) in [4.78, 5) is 36.5. The van der Waals surface area contributed by atoms with Crippen molar-refractivity contribution in [2.24, 2.45) is 0 Å². The molecule has 0 saturated heterocycles. The summed E-state index contributed by atoms with van der Waals surface area (Å²) in [5.74, 6) is -0.712. The molecular formula is C24H26N2O4S. The average molecular weight is 439 g/mol. The Bertz CT molecular complexity index is 1210. The number of hydrogen-bond donors (Lipinski definition) is 0. The van der Waals surface area contributed by atoms with Crippen molar-refractivity contribution in [2.75, 3.05) is 6.61 Å². The van der Waals surface area contributed by atoms with Gasteiger partial charge in [0.15, 0.2) is 6.61 Å². The van der Waals surface area contributed by atoms with Gasteiger partial charge >= 0.3 is 10.8 Å². The molecule has 4 rings (SSSR count). The maximum Gasteiger partial charge on any atom is 0.308 e. The maximum absolute atomic E-state index is 12.8. The molecule has 2 heterocycles. The zero-order valence-corrected chi connectivity index (χ0v) is 18.9. The third kappa shape index (κ3) is 4.28. The molecule has 0 amide bonds. The molecule has 162 valence electrons. The highest BCUT2D eigenvalue weighted by Gasteiger charge is 2.19. The second-order valence-electron chi connectivity index (χ2n) is 8.06. The van der Waals surface area contributed by atoms with Crippen molar-refractivity contribution in [3.8, 4) is 5.69 Å². The molecule has 0 aliphatic heterocycles. The lowest BCUT2D eigenvalue weighted by atomic mass is 10.1. The Morgan fingerprint density at radius 2 is 1.84 bits per heavy atom. The summed E-state index contributed by atoms with van der Waals surface area (Å²) in [6, 6.07) is 8.35. The summed E-state index contributed by atoms with van der Waals surface area (Å²) >= 11 is 1.11. The molecule has 31 heavy (non-hydrogen) atoms. The number of aryl methyl sites for hydroxylation is 4. The first-order valence-corrected chi connectivity index (χ1v) is 11.4. The predicted molar refractivity (Wildman–Crippen MR) is 120 cm³/mol. The van der Waals surface area contributed by atoms with Crippen LogP contribution in [0.3, 0.4) is 0 Å². The number of ether oxygens (including phenoxy) is 1. The number of carbonyl (C=O) groups is 2. The SMILES string of the molecule is Cc1cc(C(=O)COC(=O)CCn2c(C)csc2=O)c(C)n1-c1ccc2c(c1)CCC2. The van der Waals surface area contributed by atoms with Gasteiger partial charge in [-0.05, 0) is 69.4 Å². The number of ketones is 1. The van der Waals surface area contributed by atoms with Crippen molar-refractivity contribution >= 4 is 23.1 Å². The van der Waals surface area contributed by atoms with Crippen LogP contribution < -0.4 is 4.87 Å². The van der Waals surface area contributed by atoms with Crippen LogP contribution in [0.2, 0.25) is 0 Å². The van der Waals surface area contributed by atoms with E-state index in [1.807, 2.05) is 26.8 Å². The van der Waals surface area contributed by atoms with E-state index in [9.17, 15) is 14.4 Å². The van der Waals surface area contributed by atoms with Gasteiger partial charge < -0.3 is 13.9 Å². The van der Waals surface area contributed by atoms with Gasteiger partial charge in [0.25, 0.3) is 0 Å². The largest absolute Gasteiger partial charge is 0.457 e. The Labute approximate surface area is 185 Å². The summed E-state index contributed by atoms with van der Waals surface area (Å²) in [6.07, 6.45) is 3.48. The van der Waals surface area contributed by atoms with Crippen LogP contribution in [0.5, 0.6) is 0 Å². The van der Waals surface area contributed by atoms with Crippen molar-refractivity contribution in [1.82, 2.24) is 9.13 Å². The first-order chi connectivity index (χ1) is 14.8. The Balaban J connectivity index is 1.42. The minimum Gasteiger partial charge on any atom is -0.457 e. The van der Waals surface area contributed by atoms with Gasteiger partial charge in [-0.3, -0.25) is 14.4 Å². The van der Waals surface area contributed by atoms with E-state index in [1.54, 1.807) is 5.38 Å². The number of Topliss-reactive ketones (excluding diaryl/α,β-unsaturated/α-hetero) is 1. The molecule has 0 atom stereocenters. The van der Waals surface area contributed by atoms with Crippen molar-refractivity contribution in [2.45, 2.75) is 53.0 Å². The molecule has 0 spiro atoms. The molecule has 1 aromatic carbocycles. The van der Waals surface area contributed by atoms with Crippen molar-refractivity contribution in [3.63, 3.8) is 0 Å². The Hall–Kier alpha value is -2.93. The third-order valence-corrected chi connectivity index (χ3v) is 6.83. The molecule has 6 nitrogen and oxygen atoms in total. The summed E-state index contributed by atoms with van der Waals surface area (Å²) < 4.78 is 8.82. The fraction of sp³-hybridized carbons (Fsp3) is 0.375. The number of nitrogens with zero attached hydrogens (tertiary/aromatic N) is 2. The number of aromatic nitrogens is 2. The molecule has 1 aliphatic carbocycles. The number of carbonyl (C=O) groups excluding carboxylic acids is 2. The Morgan fingerprint density at radius 1 is 1.06 bits per heavy atom. The van der Waals surface area contributed by atoms with Crippen LogP contribution in [0.4, 0.5) is 0 Å². The van der Waals surface area contributed by atoms with Crippen LogP contribution >= 0.6 is 11.3 Å². The molecular weight excluding hydrogens is 412 g/mol. The smallest absolute Gasteiger partial charge is 0.308 e. The van der Waals surface area contributed by atoms with E-state index in [4.69, 9.17) is 4.74 Å². The van der Waals surface area contributed by atoms with E-state index in [-0.39, 0.29) is 30.2 Å². The molecule has 0 N–H and O–H groups in total. The lowest BCUT2D eigenvalue weighted by molar-refractivity contribution is -0.142. The molecule has 0 unspecified atom stereocenters. The van der Waals surface area contributed by atoms with Crippen LogP contribution in [0.1, 0.15) is 51.4 Å². The molecule has 0 bridgehead atoms. The van der Waals surface area contributed by atoms with Crippen molar-refractivity contribution in [1.29, 1.82) is 0 Å². The van der Waals surface area contributed by atoms with Gasteiger partial charge in [-0.2, -0.15) is 0 Å². The maximum atomic E-state index is 12.8. The number of esters is 1. The van der Waals surface area contributed by atoms with E-state index >= 15 is 0 Å². The average Bonchev–Trinajstić information content (AvgIpc) is 3.42. The van der Waals surface area contributed by atoms with Gasteiger partial charge in [0.05, 0.1) is 6.42 Å². The molecule has 0 radical (unpaired) electrons. The standard InChI is InChI=1S/C24H26N2O4S/c1-15-11-21(17(3)26(15)20-8-7-18-5-4-6-19(18)12-20)22(27)13-30-23(28)9-10-25-16(2)14-31-24(25)29/h7-8,11-12,14H,4-6,9-10,13H2,1-3H3. The van der Waals surface area contributed by atoms with E-state index in [2.05, 4.69) is 22.8 Å². The minimum atomic E-state index is -0.488. The minimum absolute atomic E-state index is 0.0545. The zero-order chi connectivity index (χ0) is 22.1. The van der Waals surface area contributed by atoms with E-state index in [0.29, 0.717) is 5.56 Å². The summed E-state index contributed by atoms with van der Waals surface area (Å²) in [7, 11) is 0. The van der Waals surface area contributed by atoms with Gasteiger partial charge in [-0.15, -0.1) is 0 Å². The monoisotopic (exact) mass is 438 g/mol. The van der Waals surface area contributed by atoms with Gasteiger partial charge in [0.2, 0.25) is 5.78 Å². The topological polar surface area (TPSA) is 70.3 Å². The van der Waals surface area contributed by atoms with E-state index in [0.717, 1.165) is 46.9 Å². The van der Waals surface area contributed by atoms with Crippen LogP contribution in [-0.2, 0) is 28.9 Å². The normalized spacial score (nSPS) is 12.7. The van der Waals surface area contributed by atoms with Crippen LogP contribution in [0.25, 0.3) is 5.69 Å². The number of benzene rings is 1. The number of rotatable bonds is 7. The lowest BCUT2D eigenvalue weighted by Gasteiger charge is -2.12. The highest BCUT2D eigenvalue weighted by atomic mass is 32.1. The van der Waals surface area contributed by atoms with E-state index < -0.39 is 5.97 Å². The molecule has 0 fully saturated rings. The Kier molecular flexibility index (Phi) is 5.96. The second kappa shape index (κ2) is 8.67. The summed E-state index contributed by atoms with van der Waals surface area (Å²) in [5.41, 5.74) is 7.05. The zero-order valence-electron chi connectivity index (χ0n) is 18.1. The number of hydrogen-bond acceptors (Lipinski definition) is 5. The van der Waals surface area contributed by atoms with Crippen molar-refractivity contribution in [3.05, 3.63) is 73.1 Å². The third-order valence-electron chi connectivity index (χ3n) is 5.95. The highest BCUT2D eigenvalue weighted by molar-refractivity contribution is 7.07. The van der Waals surface area contributed by atoms with Crippen LogP contribution in [-0.4, -0.2) is 27.5 Å². The van der Waals surface area contributed by atoms with E-state index in [1.165, 1.54) is 22.1 Å². The quantitative estimate of drug-likeness (QED) is 0.414. The second-order valence-corrected chi connectivity index (χ2v) is 8.88. The fourth-order valence-corrected chi connectivity index (χ4v) is 5.07. The van der Waals surface area contributed by atoms with Crippen molar-refractivity contribution < 1.29 is 14.3 Å². The first kappa shape index (κ1) is 21.3. The fourth-order valence-electron chi connectivity index (χ4n) is 4.31. The highest BCUT2D eigenvalue weighted by Crippen LogP contribution is 2.27. The Morgan fingerprint density at radius 3 is 2.58 bits per heavy atom. The molecule has 3 aromatic rings. The number of thiazole rings is 1. The van der Waals surface area contributed by atoms with Crippen LogP contribution in [0, 0.1) is 20.8 Å². The first-order valence-electron chi connectivity index (χ1n) is 10.5. The molecule has 2 aromatic heterocycles. The lowest BCUT2D eigenvalue weighted by Crippen LogP contribution is -2.20. The predicted octanol–water partition coefficient (Wildman–Crippen LogP) is 3.93. The van der Waals surface area contributed by atoms with Gasteiger partial charge in [0.1, 0.15) is 0 Å². The van der Waals surface area contributed by atoms with Gasteiger partial charge in [-0.25, -0.2) is 0 Å². The molecule has 7 heteroatoms. The molecule has 1 aliphatic rings. The summed E-state index contributed by atoms with van der Waals surface area (Å²) in [6.45, 7) is 5.67. The van der Waals surface area contributed by atoms with Gasteiger partial charge in [0, 0.05) is 40.3 Å². The number of fused-ring (bicyclic) bond motifs is 1. The summed E-state index contributed by atoms with van der Waals surface area (Å²) in [5, 5.41) is 1.76. The molecule has 0 saturated carbocycles.